The Morgan fingerprint density at radius 1 is 1.29 bits per heavy atom. The molecular weight excluding hydrogens is 216 g/mol. The van der Waals surface area contributed by atoms with E-state index in [4.69, 9.17) is 15.3 Å². The SMILES string of the molecule is NNC(CCC1CCCO1)C1CC2CCC1O2. The quantitative estimate of drug-likeness (QED) is 0.562. The van der Waals surface area contributed by atoms with Crippen molar-refractivity contribution in [2.45, 2.75) is 69.3 Å². The zero-order chi connectivity index (χ0) is 11.7. The first-order valence-corrected chi connectivity index (χ1v) is 7.10. The van der Waals surface area contributed by atoms with Crippen molar-refractivity contribution in [1.82, 2.24) is 5.43 Å². The second-order valence-corrected chi connectivity index (χ2v) is 5.76. The van der Waals surface area contributed by atoms with Gasteiger partial charge >= 0.3 is 0 Å². The minimum Gasteiger partial charge on any atom is -0.378 e. The minimum absolute atomic E-state index is 0.412. The molecule has 0 radical (unpaired) electrons. The lowest BCUT2D eigenvalue weighted by atomic mass is 9.82. The number of nitrogens with one attached hydrogen (secondary N) is 1. The predicted octanol–water partition coefficient (Wildman–Crippen LogP) is 1.34. The number of nitrogens with two attached hydrogens (primary N) is 1. The van der Waals surface area contributed by atoms with Crippen molar-refractivity contribution < 1.29 is 9.47 Å². The van der Waals surface area contributed by atoms with Crippen LogP contribution < -0.4 is 11.3 Å². The van der Waals surface area contributed by atoms with Gasteiger partial charge in [0.05, 0.1) is 18.3 Å². The molecule has 5 atom stereocenters. The van der Waals surface area contributed by atoms with E-state index >= 15 is 0 Å². The van der Waals surface area contributed by atoms with E-state index < -0.39 is 0 Å². The van der Waals surface area contributed by atoms with Gasteiger partial charge in [0.25, 0.3) is 0 Å². The highest BCUT2D eigenvalue weighted by Gasteiger charge is 2.44. The molecule has 4 nitrogen and oxygen atoms in total. The van der Waals surface area contributed by atoms with E-state index in [1.807, 2.05) is 0 Å². The van der Waals surface area contributed by atoms with Crippen molar-refractivity contribution in [3.63, 3.8) is 0 Å². The monoisotopic (exact) mass is 240 g/mol. The molecule has 3 rings (SSSR count). The Bertz CT molecular complexity index is 256. The Labute approximate surface area is 103 Å². The largest absolute Gasteiger partial charge is 0.378 e. The van der Waals surface area contributed by atoms with Crippen LogP contribution in [-0.4, -0.2) is 31.0 Å². The Morgan fingerprint density at radius 3 is 2.82 bits per heavy atom. The molecule has 3 fully saturated rings. The lowest BCUT2D eigenvalue weighted by Gasteiger charge is -2.28. The maximum absolute atomic E-state index is 5.91. The Morgan fingerprint density at radius 2 is 2.24 bits per heavy atom. The summed E-state index contributed by atoms with van der Waals surface area (Å²) < 4.78 is 11.6. The summed E-state index contributed by atoms with van der Waals surface area (Å²) in [6, 6.07) is 0.412. The Balaban J connectivity index is 1.49. The first-order valence-electron chi connectivity index (χ1n) is 7.10. The molecule has 3 N–H and O–H groups in total. The van der Waals surface area contributed by atoms with Gasteiger partial charge < -0.3 is 9.47 Å². The second-order valence-electron chi connectivity index (χ2n) is 5.76. The summed E-state index contributed by atoms with van der Waals surface area (Å²) in [6.07, 6.45) is 9.86. The summed E-state index contributed by atoms with van der Waals surface area (Å²) in [5.74, 6) is 6.35. The minimum atomic E-state index is 0.412. The first kappa shape index (κ1) is 11.9. The van der Waals surface area contributed by atoms with E-state index in [0.717, 1.165) is 19.4 Å². The van der Waals surface area contributed by atoms with Gasteiger partial charge in [-0.05, 0) is 44.9 Å². The third-order valence-corrected chi connectivity index (χ3v) is 4.71. The van der Waals surface area contributed by atoms with Gasteiger partial charge in [0.2, 0.25) is 0 Å². The molecule has 3 aliphatic rings. The smallest absolute Gasteiger partial charge is 0.0624 e. The van der Waals surface area contributed by atoms with Gasteiger partial charge in [-0.25, -0.2) is 0 Å². The molecule has 0 aromatic carbocycles. The molecule has 3 saturated heterocycles. The Kier molecular flexibility index (Phi) is 3.66. The molecule has 98 valence electrons. The van der Waals surface area contributed by atoms with Crippen molar-refractivity contribution in [2.75, 3.05) is 6.61 Å². The van der Waals surface area contributed by atoms with Crippen LogP contribution in [0.1, 0.15) is 44.9 Å². The molecule has 0 aromatic rings. The number of rotatable bonds is 5. The van der Waals surface area contributed by atoms with Crippen LogP contribution in [0.25, 0.3) is 0 Å². The summed E-state index contributed by atoms with van der Waals surface area (Å²) in [5.41, 5.74) is 3.02. The van der Waals surface area contributed by atoms with Crippen LogP contribution in [0.5, 0.6) is 0 Å². The molecule has 2 bridgehead atoms. The topological polar surface area (TPSA) is 56.5 Å². The van der Waals surface area contributed by atoms with E-state index in [9.17, 15) is 0 Å². The van der Waals surface area contributed by atoms with E-state index in [1.165, 1.54) is 32.1 Å². The van der Waals surface area contributed by atoms with Crippen LogP contribution >= 0.6 is 0 Å². The normalized spacial score (nSPS) is 42.2. The average molecular weight is 240 g/mol. The number of hydrogen-bond acceptors (Lipinski definition) is 4. The van der Waals surface area contributed by atoms with Gasteiger partial charge in [-0.2, -0.15) is 0 Å². The summed E-state index contributed by atoms with van der Waals surface area (Å²) in [6.45, 7) is 0.947. The molecule has 5 unspecified atom stereocenters. The van der Waals surface area contributed by atoms with Gasteiger partial charge in [-0.15, -0.1) is 0 Å². The number of hydrazine groups is 1. The molecule has 3 aliphatic heterocycles. The molecule has 4 heteroatoms. The highest BCUT2D eigenvalue weighted by atomic mass is 16.5. The van der Waals surface area contributed by atoms with E-state index in [2.05, 4.69) is 5.43 Å². The molecule has 0 spiro atoms. The maximum atomic E-state index is 5.91. The van der Waals surface area contributed by atoms with Crippen molar-refractivity contribution in [3.8, 4) is 0 Å². The lowest BCUT2D eigenvalue weighted by molar-refractivity contribution is 0.0767. The van der Waals surface area contributed by atoms with Crippen molar-refractivity contribution in [1.29, 1.82) is 0 Å². The van der Waals surface area contributed by atoms with Crippen LogP contribution in [0.4, 0.5) is 0 Å². The fraction of sp³-hybridized carbons (Fsp3) is 1.00. The van der Waals surface area contributed by atoms with Crippen LogP contribution in [0.15, 0.2) is 0 Å². The second kappa shape index (κ2) is 5.22. The number of ether oxygens (including phenoxy) is 2. The van der Waals surface area contributed by atoms with Crippen LogP contribution in [-0.2, 0) is 9.47 Å². The van der Waals surface area contributed by atoms with Crippen LogP contribution in [0.2, 0.25) is 0 Å². The summed E-state index contributed by atoms with van der Waals surface area (Å²) in [4.78, 5) is 0. The van der Waals surface area contributed by atoms with Crippen LogP contribution in [0, 0.1) is 5.92 Å². The summed E-state index contributed by atoms with van der Waals surface area (Å²) in [5, 5.41) is 0. The standard InChI is InChI=1S/C13H24N2O2/c14-15-12(5-3-9-2-1-7-16-9)11-8-10-4-6-13(11)17-10/h9-13,15H,1-8,14H2. The van der Waals surface area contributed by atoms with Gasteiger partial charge in [0, 0.05) is 18.6 Å². The van der Waals surface area contributed by atoms with E-state index in [-0.39, 0.29) is 0 Å². The van der Waals surface area contributed by atoms with Gasteiger partial charge in [-0.3, -0.25) is 11.3 Å². The van der Waals surface area contributed by atoms with Crippen molar-refractivity contribution >= 4 is 0 Å². The fourth-order valence-electron chi connectivity index (χ4n) is 3.76. The number of fused-ring (bicyclic) bond motifs is 2. The predicted molar refractivity (Wildman–Crippen MR) is 65.3 cm³/mol. The molecule has 0 aromatic heterocycles. The van der Waals surface area contributed by atoms with Crippen molar-refractivity contribution in [3.05, 3.63) is 0 Å². The zero-order valence-electron chi connectivity index (χ0n) is 10.4. The summed E-state index contributed by atoms with van der Waals surface area (Å²) in [7, 11) is 0. The third kappa shape index (κ3) is 2.50. The summed E-state index contributed by atoms with van der Waals surface area (Å²) >= 11 is 0. The fourth-order valence-corrected chi connectivity index (χ4v) is 3.76. The van der Waals surface area contributed by atoms with Crippen molar-refractivity contribution in [2.24, 2.45) is 11.8 Å². The highest BCUT2D eigenvalue weighted by molar-refractivity contribution is 4.94. The molecular formula is C13H24N2O2. The van der Waals surface area contributed by atoms with Gasteiger partial charge in [0.15, 0.2) is 0 Å². The maximum Gasteiger partial charge on any atom is 0.0624 e. The molecule has 0 saturated carbocycles. The molecule has 0 aliphatic carbocycles. The van der Waals surface area contributed by atoms with E-state index in [1.54, 1.807) is 0 Å². The van der Waals surface area contributed by atoms with Gasteiger partial charge in [-0.1, -0.05) is 0 Å². The average Bonchev–Trinajstić information content (AvgIpc) is 3.07. The van der Waals surface area contributed by atoms with Gasteiger partial charge in [0.1, 0.15) is 0 Å². The number of hydrogen-bond donors (Lipinski definition) is 2. The highest BCUT2D eigenvalue weighted by Crippen LogP contribution is 2.41. The first-order chi connectivity index (χ1) is 8.36. The zero-order valence-corrected chi connectivity index (χ0v) is 10.4. The Hall–Kier alpha value is -0.160. The van der Waals surface area contributed by atoms with E-state index in [0.29, 0.717) is 30.3 Å². The molecule has 17 heavy (non-hydrogen) atoms. The van der Waals surface area contributed by atoms with Crippen LogP contribution in [0.3, 0.4) is 0 Å². The molecule has 3 heterocycles. The third-order valence-electron chi connectivity index (χ3n) is 4.71. The molecule has 0 amide bonds. The lowest BCUT2D eigenvalue weighted by Crippen LogP contribution is -2.44.